The Balaban J connectivity index is 2.21. The van der Waals surface area contributed by atoms with Gasteiger partial charge in [0.1, 0.15) is 0 Å². The number of hydrogen-bond donors (Lipinski definition) is 2. The minimum atomic E-state index is -0.890. The van der Waals surface area contributed by atoms with E-state index in [1.807, 2.05) is 45.0 Å². The molecule has 1 atom stereocenters. The number of amides is 1. The molecule has 1 amide bonds. The fourth-order valence-electron chi connectivity index (χ4n) is 2.42. The van der Waals surface area contributed by atoms with Crippen molar-refractivity contribution in [1.29, 1.82) is 0 Å². The van der Waals surface area contributed by atoms with Crippen LogP contribution < -0.4 is 5.32 Å². The molecular weight excluding hydrogens is 302 g/mol. The summed E-state index contributed by atoms with van der Waals surface area (Å²) >= 11 is 0. The van der Waals surface area contributed by atoms with Gasteiger partial charge in [-0.15, -0.1) is 0 Å². The lowest BCUT2D eigenvalue weighted by Crippen LogP contribution is -2.34. The number of hydrogen-bond acceptors (Lipinski definition) is 2. The van der Waals surface area contributed by atoms with E-state index in [1.165, 1.54) is 0 Å². The van der Waals surface area contributed by atoms with Crippen LogP contribution in [0.15, 0.2) is 48.5 Å². The first kappa shape index (κ1) is 17.7. The minimum absolute atomic E-state index is 0.133. The van der Waals surface area contributed by atoms with E-state index >= 15 is 0 Å². The Bertz CT molecular complexity index is 748. The molecule has 126 valence electrons. The molecule has 0 radical (unpaired) electrons. The summed E-state index contributed by atoms with van der Waals surface area (Å²) in [6.45, 7) is 7.37. The van der Waals surface area contributed by atoms with Crippen molar-refractivity contribution in [2.75, 3.05) is 5.32 Å². The van der Waals surface area contributed by atoms with Crippen molar-refractivity contribution in [1.82, 2.24) is 0 Å². The average Bonchev–Trinajstić information content (AvgIpc) is 2.54. The second kappa shape index (κ2) is 6.87. The number of aryl methyl sites for hydroxylation is 1. The Morgan fingerprint density at radius 3 is 2.29 bits per heavy atom. The van der Waals surface area contributed by atoms with E-state index in [0.717, 1.165) is 11.1 Å². The number of carbonyl (C=O) groups is 2. The number of nitrogens with one attached hydrogen (secondary N) is 1. The second-order valence-electron chi connectivity index (χ2n) is 6.63. The van der Waals surface area contributed by atoms with Crippen molar-refractivity contribution >= 4 is 17.6 Å². The molecule has 0 spiro atoms. The minimum Gasteiger partial charge on any atom is -0.481 e. The molecule has 0 aromatic heterocycles. The highest BCUT2D eigenvalue weighted by Crippen LogP contribution is 2.26. The number of anilines is 1. The Morgan fingerprint density at radius 2 is 1.71 bits per heavy atom. The predicted molar refractivity (Wildman–Crippen MR) is 95.3 cm³/mol. The van der Waals surface area contributed by atoms with Crippen LogP contribution >= 0.6 is 0 Å². The van der Waals surface area contributed by atoms with Crippen LogP contribution in [0.4, 0.5) is 5.69 Å². The lowest BCUT2D eigenvalue weighted by Gasteiger charge is -2.24. The fourth-order valence-corrected chi connectivity index (χ4v) is 2.42. The first-order chi connectivity index (χ1) is 11.2. The van der Waals surface area contributed by atoms with Gasteiger partial charge in [-0.25, -0.2) is 0 Å². The highest BCUT2D eigenvalue weighted by atomic mass is 16.4. The number of carboxylic acids is 1. The molecule has 2 rings (SSSR count). The predicted octanol–water partition coefficient (Wildman–Crippen LogP) is 4.10. The molecule has 4 nitrogen and oxygen atoms in total. The van der Waals surface area contributed by atoms with Crippen molar-refractivity contribution in [2.24, 2.45) is 0 Å². The van der Waals surface area contributed by atoms with E-state index in [1.54, 1.807) is 31.2 Å². The van der Waals surface area contributed by atoms with Gasteiger partial charge in [0.05, 0.1) is 11.3 Å². The first-order valence-corrected chi connectivity index (χ1v) is 7.93. The number of rotatable bonds is 5. The second-order valence-corrected chi connectivity index (χ2v) is 6.63. The van der Waals surface area contributed by atoms with Gasteiger partial charge >= 0.3 is 5.97 Å². The Morgan fingerprint density at radius 1 is 1.08 bits per heavy atom. The largest absolute Gasteiger partial charge is 0.481 e. The fraction of sp³-hybridized carbons (Fsp3) is 0.300. The van der Waals surface area contributed by atoms with E-state index in [0.29, 0.717) is 11.3 Å². The topological polar surface area (TPSA) is 66.4 Å². The Kier molecular flexibility index (Phi) is 5.07. The molecule has 1 unspecified atom stereocenters. The molecule has 2 N–H and O–H groups in total. The van der Waals surface area contributed by atoms with Crippen molar-refractivity contribution < 1.29 is 14.7 Å². The molecule has 0 aliphatic rings. The molecule has 0 fully saturated rings. The van der Waals surface area contributed by atoms with Crippen LogP contribution in [0.25, 0.3) is 0 Å². The SMILES string of the molecule is Cc1ccc(C(C)(C)C(=O)Nc2cccc(C(C)C(=O)O)c2)cc1. The summed E-state index contributed by atoms with van der Waals surface area (Å²) in [5.74, 6) is -1.64. The maximum atomic E-state index is 12.7. The van der Waals surface area contributed by atoms with Gasteiger partial charge in [0.15, 0.2) is 0 Å². The van der Waals surface area contributed by atoms with Gasteiger partial charge in [0, 0.05) is 5.69 Å². The van der Waals surface area contributed by atoms with Crippen molar-refractivity contribution in [3.05, 3.63) is 65.2 Å². The zero-order valence-electron chi connectivity index (χ0n) is 14.5. The zero-order chi connectivity index (χ0) is 17.9. The van der Waals surface area contributed by atoms with Crippen molar-refractivity contribution in [2.45, 2.75) is 39.0 Å². The molecule has 0 aliphatic carbocycles. The number of carboxylic acid groups (broad SMARTS) is 1. The lowest BCUT2D eigenvalue weighted by molar-refractivity contribution is -0.138. The molecule has 0 heterocycles. The number of carbonyl (C=O) groups excluding carboxylic acids is 1. The normalized spacial score (nSPS) is 12.5. The van der Waals surface area contributed by atoms with Gasteiger partial charge in [-0.05, 0) is 51.0 Å². The zero-order valence-corrected chi connectivity index (χ0v) is 14.5. The third kappa shape index (κ3) is 3.82. The highest BCUT2D eigenvalue weighted by Gasteiger charge is 2.29. The smallest absolute Gasteiger partial charge is 0.310 e. The monoisotopic (exact) mass is 325 g/mol. The molecule has 0 aliphatic heterocycles. The van der Waals surface area contributed by atoms with Gasteiger partial charge in [-0.3, -0.25) is 9.59 Å². The van der Waals surface area contributed by atoms with Gasteiger partial charge in [-0.1, -0.05) is 42.0 Å². The van der Waals surface area contributed by atoms with Crippen LogP contribution in [-0.2, 0) is 15.0 Å². The van der Waals surface area contributed by atoms with E-state index in [4.69, 9.17) is 5.11 Å². The molecule has 2 aromatic rings. The van der Waals surface area contributed by atoms with Gasteiger partial charge in [-0.2, -0.15) is 0 Å². The van der Waals surface area contributed by atoms with Crippen LogP contribution in [0.2, 0.25) is 0 Å². The summed E-state index contributed by atoms with van der Waals surface area (Å²) in [5.41, 5.74) is 2.65. The lowest BCUT2D eigenvalue weighted by atomic mass is 9.83. The van der Waals surface area contributed by atoms with Crippen molar-refractivity contribution in [3.63, 3.8) is 0 Å². The maximum absolute atomic E-state index is 12.7. The molecule has 4 heteroatoms. The molecular formula is C20H23NO3. The molecule has 2 aromatic carbocycles. The molecule has 0 saturated heterocycles. The maximum Gasteiger partial charge on any atom is 0.310 e. The highest BCUT2D eigenvalue weighted by molar-refractivity contribution is 5.98. The van der Waals surface area contributed by atoms with E-state index in [-0.39, 0.29) is 5.91 Å². The summed E-state index contributed by atoms with van der Waals surface area (Å²) in [6.07, 6.45) is 0. The van der Waals surface area contributed by atoms with E-state index in [2.05, 4.69) is 5.32 Å². The Labute approximate surface area is 142 Å². The van der Waals surface area contributed by atoms with E-state index in [9.17, 15) is 9.59 Å². The van der Waals surface area contributed by atoms with Gasteiger partial charge in [0.2, 0.25) is 5.91 Å². The van der Waals surface area contributed by atoms with Gasteiger partial charge < -0.3 is 10.4 Å². The number of benzene rings is 2. The molecule has 24 heavy (non-hydrogen) atoms. The quantitative estimate of drug-likeness (QED) is 0.870. The summed E-state index contributed by atoms with van der Waals surface area (Å²) in [5, 5.41) is 12.0. The summed E-state index contributed by atoms with van der Waals surface area (Å²) in [7, 11) is 0. The standard InChI is InChI=1S/C20H23NO3/c1-13-8-10-16(11-9-13)20(3,4)19(24)21-17-7-5-6-15(12-17)14(2)18(22)23/h5-12,14H,1-4H3,(H,21,24)(H,22,23). The average molecular weight is 325 g/mol. The molecule has 0 saturated carbocycles. The summed E-state index contributed by atoms with van der Waals surface area (Å²) in [6, 6.07) is 14.9. The summed E-state index contributed by atoms with van der Waals surface area (Å²) in [4.78, 5) is 23.8. The first-order valence-electron chi connectivity index (χ1n) is 7.93. The van der Waals surface area contributed by atoms with Crippen LogP contribution in [0.5, 0.6) is 0 Å². The number of aliphatic carboxylic acids is 1. The van der Waals surface area contributed by atoms with Gasteiger partial charge in [0.25, 0.3) is 0 Å². The third-order valence-electron chi connectivity index (χ3n) is 4.36. The van der Waals surface area contributed by atoms with Crippen LogP contribution in [0.1, 0.15) is 43.4 Å². The third-order valence-corrected chi connectivity index (χ3v) is 4.36. The summed E-state index contributed by atoms with van der Waals surface area (Å²) < 4.78 is 0. The Hall–Kier alpha value is -2.62. The van der Waals surface area contributed by atoms with Crippen LogP contribution in [-0.4, -0.2) is 17.0 Å². The van der Waals surface area contributed by atoms with Crippen LogP contribution in [0.3, 0.4) is 0 Å². The molecule has 0 bridgehead atoms. The van der Waals surface area contributed by atoms with E-state index < -0.39 is 17.3 Å². The van der Waals surface area contributed by atoms with Crippen molar-refractivity contribution in [3.8, 4) is 0 Å². The van der Waals surface area contributed by atoms with Crippen LogP contribution in [0, 0.1) is 6.92 Å².